The molecule has 1 saturated carbocycles. The number of hydrogen-bond donors (Lipinski definition) is 1. The minimum absolute atomic E-state index is 0.127. The summed E-state index contributed by atoms with van der Waals surface area (Å²) in [4.78, 5) is 2.41. The summed E-state index contributed by atoms with van der Waals surface area (Å²) in [6.45, 7) is 5.41. The van der Waals surface area contributed by atoms with Crippen LogP contribution in [0.15, 0.2) is 24.3 Å². The van der Waals surface area contributed by atoms with E-state index in [2.05, 4.69) is 50.1 Å². The van der Waals surface area contributed by atoms with Gasteiger partial charge in [0.2, 0.25) is 0 Å². The van der Waals surface area contributed by atoms with Crippen LogP contribution in [0.5, 0.6) is 0 Å². The number of likely N-dealkylation sites (N-methyl/N-ethyl adjacent to an activating group) is 1. The van der Waals surface area contributed by atoms with Crippen molar-refractivity contribution in [3.05, 3.63) is 35.4 Å². The number of aryl methyl sites for hydroxylation is 1. The van der Waals surface area contributed by atoms with Crippen molar-refractivity contribution < 1.29 is 0 Å². The summed E-state index contributed by atoms with van der Waals surface area (Å²) >= 11 is 0. The van der Waals surface area contributed by atoms with E-state index in [0.29, 0.717) is 6.04 Å². The minimum atomic E-state index is 0.127. The second-order valence-electron chi connectivity index (χ2n) is 5.48. The van der Waals surface area contributed by atoms with Crippen LogP contribution in [-0.2, 0) is 0 Å². The second-order valence-corrected chi connectivity index (χ2v) is 5.48. The molecule has 1 aromatic rings. The zero-order valence-corrected chi connectivity index (χ0v) is 11.2. The van der Waals surface area contributed by atoms with Gasteiger partial charge in [0.25, 0.3) is 0 Å². The second kappa shape index (κ2) is 5.19. The number of nitrogens with zero attached hydrogens (tertiary/aromatic N) is 1. The van der Waals surface area contributed by atoms with E-state index in [9.17, 15) is 0 Å². The quantitative estimate of drug-likeness (QED) is 0.846. The van der Waals surface area contributed by atoms with Gasteiger partial charge < -0.3 is 10.6 Å². The van der Waals surface area contributed by atoms with Gasteiger partial charge in [0.05, 0.1) is 0 Å². The molecule has 0 bridgehead atoms. The Morgan fingerprint density at radius 3 is 2.59 bits per heavy atom. The molecule has 0 spiro atoms. The molecular weight excluding hydrogens is 208 g/mol. The Morgan fingerprint density at radius 2 is 2.00 bits per heavy atom. The molecule has 2 N–H and O–H groups in total. The topological polar surface area (TPSA) is 29.3 Å². The first-order chi connectivity index (χ1) is 8.09. The van der Waals surface area contributed by atoms with Crippen LogP contribution in [0, 0.1) is 12.8 Å². The van der Waals surface area contributed by atoms with Crippen LogP contribution >= 0.6 is 0 Å². The first-order valence-corrected chi connectivity index (χ1v) is 6.61. The predicted molar refractivity (Wildman–Crippen MR) is 72.9 cm³/mol. The van der Waals surface area contributed by atoms with Gasteiger partial charge in [0.15, 0.2) is 0 Å². The fourth-order valence-corrected chi connectivity index (χ4v) is 2.52. The van der Waals surface area contributed by atoms with Gasteiger partial charge in [0.1, 0.15) is 0 Å². The Hall–Kier alpha value is -0.860. The Morgan fingerprint density at radius 1 is 1.35 bits per heavy atom. The van der Waals surface area contributed by atoms with Crippen molar-refractivity contribution in [2.45, 2.75) is 38.8 Å². The van der Waals surface area contributed by atoms with Gasteiger partial charge in [-0.15, -0.1) is 0 Å². The van der Waals surface area contributed by atoms with Crippen LogP contribution in [0.2, 0.25) is 0 Å². The normalized spacial score (nSPS) is 19.4. The molecule has 0 radical (unpaired) electrons. The smallest absolute Gasteiger partial charge is 0.0426 e. The van der Waals surface area contributed by atoms with Gasteiger partial charge in [-0.25, -0.2) is 0 Å². The fraction of sp³-hybridized carbons (Fsp3) is 0.600. The van der Waals surface area contributed by atoms with E-state index in [0.717, 1.165) is 12.5 Å². The Kier molecular flexibility index (Phi) is 3.85. The highest BCUT2D eigenvalue weighted by Crippen LogP contribution is 2.35. The Balaban J connectivity index is 1.96. The lowest BCUT2D eigenvalue weighted by Crippen LogP contribution is -2.36. The van der Waals surface area contributed by atoms with Crippen molar-refractivity contribution in [3.8, 4) is 0 Å². The lowest BCUT2D eigenvalue weighted by atomic mass is 10.0. The monoisotopic (exact) mass is 232 g/mol. The number of benzene rings is 1. The van der Waals surface area contributed by atoms with Crippen molar-refractivity contribution in [2.24, 2.45) is 11.7 Å². The Labute approximate surface area is 105 Å². The maximum atomic E-state index is 6.31. The number of hydrogen-bond acceptors (Lipinski definition) is 2. The van der Waals surface area contributed by atoms with Crippen LogP contribution < -0.4 is 5.73 Å². The summed E-state index contributed by atoms with van der Waals surface area (Å²) in [7, 11) is 2.20. The summed E-state index contributed by atoms with van der Waals surface area (Å²) in [5.74, 6) is 0.907. The van der Waals surface area contributed by atoms with Crippen molar-refractivity contribution in [1.29, 1.82) is 0 Å². The molecule has 1 aliphatic carbocycles. The molecule has 2 heteroatoms. The molecule has 0 amide bonds. The van der Waals surface area contributed by atoms with Gasteiger partial charge in [0, 0.05) is 18.6 Å². The average Bonchev–Trinajstić information content (AvgIpc) is 3.12. The molecule has 0 saturated heterocycles. The first kappa shape index (κ1) is 12.6. The molecule has 1 fully saturated rings. The summed E-state index contributed by atoms with van der Waals surface area (Å²) in [6, 6.07) is 9.23. The molecule has 94 valence electrons. The molecule has 2 unspecified atom stereocenters. The largest absolute Gasteiger partial charge is 0.323 e. The maximum Gasteiger partial charge on any atom is 0.0426 e. The van der Waals surface area contributed by atoms with Crippen LogP contribution in [0.25, 0.3) is 0 Å². The van der Waals surface area contributed by atoms with E-state index < -0.39 is 0 Å². The molecule has 2 atom stereocenters. The molecule has 0 heterocycles. The van der Waals surface area contributed by atoms with Crippen LogP contribution in [0.4, 0.5) is 0 Å². The molecule has 1 aliphatic rings. The van der Waals surface area contributed by atoms with E-state index in [4.69, 9.17) is 5.73 Å². The average molecular weight is 232 g/mol. The SMILES string of the molecule is Cc1ccccc1C(N)CN(C)C(C)C1CC1. The predicted octanol–water partition coefficient (Wildman–Crippen LogP) is 2.73. The zero-order valence-electron chi connectivity index (χ0n) is 11.2. The zero-order chi connectivity index (χ0) is 12.4. The van der Waals surface area contributed by atoms with Crippen LogP contribution in [0.1, 0.15) is 36.9 Å². The van der Waals surface area contributed by atoms with Crippen molar-refractivity contribution in [1.82, 2.24) is 4.90 Å². The summed E-state index contributed by atoms with van der Waals surface area (Å²) < 4.78 is 0. The first-order valence-electron chi connectivity index (χ1n) is 6.61. The van der Waals surface area contributed by atoms with E-state index in [1.165, 1.54) is 24.0 Å². The number of nitrogens with two attached hydrogens (primary N) is 1. The molecule has 2 nitrogen and oxygen atoms in total. The van der Waals surface area contributed by atoms with E-state index >= 15 is 0 Å². The molecular formula is C15H24N2. The van der Waals surface area contributed by atoms with Gasteiger partial charge in [-0.2, -0.15) is 0 Å². The van der Waals surface area contributed by atoms with E-state index in [-0.39, 0.29) is 6.04 Å². The third-order valence-electron chi connectivity index (χ3n) is 4.07. The standard InChI is InChI=1S/C15H24N2/c1-11-6-4-5-7-14(11)15(16)10-17(3)12(2)13-8-9-13/h4-7,12-13,15H,8-10,16H2,1-3H3. The summed E-state index contributed by atoms with van der Waals surface area (Å²) in [6.07, 6.45) is 2.79. The highest BCUT2D eigenvalue weighted by Gasteiger charge is 2.30. The van der Waals surface area contributed by atoms with Crippen molar-refractivity contribution in [3.63, 3.8) is 0 Å². The van der Waals surface area contributed by atoms with Crippen LogP contribution in [-0.4, -0.2) is 24.5 Å². The minimum Gasteiger partial charge on any atom is -0.323 e. The van der Waals surface area contributed by atoms with E-state index in [1.54, 1.807) is 0 Å². The highest BCUT2D eigenvalue weighted by atomic mass is 15.1. The van der Waals surface area contributed by atoms with E-state index in [1.807, 2.05) is 0 Å². The van der Waals surface area contributed by atoms with Crippen molar-refractivity contribution >= 4 is 0 Å². The maximum absolute atomic E-state index is 6.31. The molecule has 0 aliphatic heterocycles. The highest BCUT2D eigenvalue weighted by molar-refractivity contribution is 5.28. The van der Waals surface area contributed by atoms with Gasteiger partial charge in [-0.1, -0.05) is 24.3 Å². The van der Waals surface area contributed by atoms with Gasteiger partial charge in [-0.3, -0.25) is 0 Å². The molecule has 2 rings (SSSR count). The number of rotatable bonds is 5. The van der Waals surface area contributed by atoms with Gasteiger partial charge >= 0.3 is 0 Å². The molecule has 1 aromatic carbocycles. The summed E-state index contributed by atoms with van der Waals surface area (Å²) in [5.41, 5.74) is 8.89. The van der Waals surface area contributed by atoms with Crippen molar-refractivity contribution in [2.75, 3.05) is 13.6 Å². The lowest BCUT2D eigenvalue weighted by Gasteiger charge is -2.28. The summed E-state index contributed by atoms with van der Waals surface area (Å²) in [5, 5.41) is 0. The lowest BCUT2D eigenvalue weighted by molar-refractivity contribution is 0.221. The third-order valence-corrected chi connectivity index (χ3v) is 4.07. The third kappa shape index (κ3) is 3.08. The van der Waals surface area contributed by atoms with Crippen LogP contribution in [0.3, 0.4) is 0 Å². The Bertz CT molecular complexity index is 371. The molecule has 0 aromatic heterocycles. The molecule has 17 heavy (non-hydrogen) atoms. The van der Waals surface area contributed by atoms with Gasteiger partial charge in [-0.05, 0) is 50.8 Å². The fourth-order valence-electron chi connectivity index (χ4n) is 2.52.